The Morgan fingerprint density at radius 2 is 2.04 bits per heavy atom. The van der Waals surface area contributed by atoms with E-state index in [1.807, 2.05) is 11.6 Å². The van der Waals surface area contributed by atoms with Crippen molar-refractivity contribution in [1.82, 2.24) is 9.78 Å². The minimum Gasteiger partial charge on any atom is -0.466 e. The van der Waals surface area contributed by atoms with Crippen LogP contribution in [0.4, 0.5) is 10.8 Å². The Morgan fingerprint density at radius 1 is 1.36 bits per heavy atom. The molecule has 0 amide bonds. The van der Waals surface area contributed by atoms with Gasteiger partial charge in [-0.15, -0.1) is 5.10 Å². The SMILES string of the molecule is CCOC(=O)C1CC[NH+](Cn2nc(Nc3ccc(C(C)C)cc3)sc2=S)CC1. The van der Waals surface area contributed by atoms with Crippen LogP contribution in [0, 0.1) is 9.87 Å². The normalized spacial score (nSPS) is 19.6. The van der Waals surface area contributed by atoms with Gasteiger partial charge in [0.05, 0.1) is 25.6 Å². The molecule has 2 aromatic rings. The third kappa shape index (κ3) is 5.40. The maximum Gasteiger partial charge on any atom is 0.309 e. The van der Waals surface area contributed by atoms with Crippen LogP contribution in [-0.4, -0.2) is 35.4 Å². The second-order valence-corrected chi connectivity index (χ2v) is 9.13. The highest BCUT2D eigenvalue weighted by Gasteiger charge is 2.28. The molecule has 2 N–H and O–H groups in total. The van der Waals surface area contributed by atoms with E-state index in [2.05, 4.69) is 48.5 Å². The standard InChI is InChI=1S/C20H28N4O2S2/c1-4-26-18(25)16-9-11-23(12-10-16)13-24-20(27)28-19(22-24)21-17-7-5-15(6-8-17)14(2)3/h5-8,14,16H,4,9-13H2,1-3H3,(H,21,22)/p+1. The van der Waals surface area contributed by atoms with E-state index in [0.29, 0.717) is 12.5 Å². The number of carbonyl (C=O) groups excluding carboxylic acids is 1. The van der Waals surface area contributed by atoms with Gasteiger partial charge >= 0.3 is 5.97 Å². The third-order valence-electron chi connectivity index (χ3n) is 5.12. The molecule has 2 heterocycles. The molecule has 1 aromatic heterocycles. The number of aromatic nitrogens is 2. The van der Waals surface area contributed by atoms with E-state index in [0.717, 1.165) is 47.4 Å². The number of esters is 1. The van der Waals surface area contributed by atoms with E-state index in [4.69, 9.17) is 17.0 Å². The number of quaternary nitrogens is 1. The molecule has 6 nitrogen and oxygen atoms in total. The summed E-state index contributed by atoms with van der Waals surface area (Å²) >= 11 is 6.99. The van der Waals surface area contributed by atoms with Crippen LogP contribution in [0.25, 0.3) is 0 Å². The molecule has 0 saturated carbocycles. The molecule has 8 heteroatoms. The number of piperidine rings is 1. The maximum absolute atomic E-state index is 11.9. The van der Waals surface area contributed by atoms with Crippen LogP contribution in [0.1, 0.15) is 45.1 Å². The number of anilines is 2. The van der Waals surface area contributed by atoms with E-state index < -0.39 is 0 Å². The summed E-state index contributed by atoms with van der Waals surface area (Å²) in [6, 6.07) is 8.44. The number of likely N-dealkylation sites (tertiary alicyclic amines) is 1. The number of nitrogens with one attached hydrogen (secondary N) is 2. The van der Waals surface area contributed by atoms with Crippen LogP contribution in [-0.2, 0) is 16.2 Å². The zero-order valence-electron chi connectivity index (χ0n) is 16.7. The fourth-order valence-corrected chi connectivity index (χ4v) is 4.45. The average molecular weight is 422 g/mol. The summed E-state index contributed by atoms with van der Waals surface area (Å²) in [7, 11) is 0. The van der Waals surface area contributed by atoms with Gasteiger partial charge in [-0.2, -0.15) is 4.68 Å². The van der Waals surface area contributed by atoms with Gasteiger partial charge in [0.2, 0.25) is 5.13 Å². The van der Waals surface area contributed by atoms with Crippen LogP contribution >= 0.6 is 23.6 Å². The molecule has 0 spiro atoms. The van der Waals surface area contributed by atoms with Gasteiger partial charge in [-0.25, -0.2) is 0 Å². The molecule has 0 bridgehead atoms. The zero-order chi connectivity index (χ0) is 20.1. The summed E-state index contributed by atoms with van der Waals surface area (Å²) in [6.07, 6.45) is 1.72. The molecule has 3 rings (SSSR count). The minimum atomic E-state index is -0.0539. The van der Waals surface area contributed by atoms with Crippen LogP contribution in [0.2, 0.25) is 0 Å². The Hall–Kier alpha value is -1.77. The highest BCUT2D eigenvalue weighted by molar-refractivity contribution is 7.73. The molecule has 0 aliphatic carbocycles. The summed E-state index contributed by atoms with van der Waals surface area (Å²) in [5.74, 6) is 0.506. The molecule has 1 aliphatic rings. The first-order valence-corrected chi connectivity index (χ1v) is 11.1. The van der Waals surface area contributed by atoms with Crippen molar-refractivity contribution in [3.63, 3.8) is 0 Å². The van der Waals surface area contributed by atoms with Crippen LogP contribution in [0.15, 0.2) is 24.3 Å². The first-order chi connectivity index (χ1) is 13.5. The lowest BCUT2D eigenvalue weighted by Gasteiger charge is -2.27. The topological polar surface area (TPSA) is 60.6 Å². The highest BCUT2D eigenvalue weighted by Crippen LogP contribution is 2.22. The summed E-state index contributed by atoms with van der Waals surface area (Å²) in [5, 5.41) is 8.81. The van der Waals surface area contributed by atoms with Gasteiger partial charge in [0, 0.05) is 18.5 Å². The van der Waals surface area contributed by atoms with Crippen molar-refractivity contribution < 1.29 is 14.4 Å². The Labute approximate surface area is 175 Å². The number of hydrogen-bond acceptors (Lipinski definition) is 6. The Bertz CT molecular complexity index is 837. The molecule has 0 radical (unpaired) electrons. The molecular formula is C20H29N4O2S2+. The highest BCUT2D eigenvalue weighted by atomic mass is 32.1. The number of benzene rings is 1. The number of ether oxygens (including phenoxy) is 1. The van der Waals surface area contributed by atoms with E-state index in [1.165, 1.54) is 21.8 Å². The lowest BCUT2D eigenvalue weighted by atomic mass is 9.97. The molecule has 1 saturated heterocycles. The molecule has 0 unspecified atom stereocenters. The van der Waals surface area contributed by atoms with Gasteiger partial charge in [-0.05, 0) is 42.8 Å². The number of carbonyl (C=O) groups is 1. The van der Waals surface area contributed by atoms with E-state index in [-0.39, 0.29) is 11.9 Å². The van der Waals surface area contributed by atoms with Crippen molar-refractivity contribution in [2.24, 2.45) is 5.92 Å². The van der Waals surface area contributed by atoms with E-state index >= 15 is 0 Å². The first kappa shape index (κ1) is 21.0. The number of rotatable bonds is 7. The first-order valence-electron chi connectivity index (χ1n) is 9.91. The van der Waals surface area contributed by atoms with E-state index in [9.17, 15) is 4.79 Å². The van der Waals surface area contributed by atoms with Gasteiger partial charge in [0.1, 0.15) is 0 Å². The molecule has 1 fully saturated rings. The monoisotopic (exact) mass is 421 g/mol. The molecule has 1 aromatic carbocycles. The van der Waals surface area contributed by atoms with Crippen molar-refractivity contribution in [2.75, 3.05) is 25.0 Å². The fourth-order valence-electron chi connectivity index (χ4n) is 3.42. The summed E-state index contributed by atoms with van der Waals surface area (Å²) < 4.78 is 7.80. The zero-order valence-corrected chi connectivity index (χ0v) is 18.4. The Morgan fingerprint density at radius 3 is 2.64 bits per heavy atom. The Kier molecular flexibility index (Phi) is 7.20. The van der Waals surface area contributed by atoms with Crippen molar-refractivity contribution >= 4 is 40.3 Å². The predicted molar refractivity (Wildman–Crippen MR) is 115 cm³/mol. The summed E-state index contributed by atoms with van der Waals surface area (Å²) in [5.41, 5.74) is 2.33. The van der Waals surface area contributed by atoms with Crippen LogP contribution in [0.3, 0.4) is 0 Å². The van der Waals surface area contributed by atoms with Crippen molar-refractivity contribution in [3.05, 3.63) is 33.8 Å². The van der Waals surface area contributed by atoms with Crippen LogP contribution in [0.5, 0.6) is 0 Å². The largest absolute Gasteiger partial charge is 0.466 e. The fraction of sp³-hybridized carbons (Fsp3) is 0.550. The van der Waals surface area contributed by atoms with E-state index in [1.54, 1.807) is 0 Å². The van der Waals surface area contributed by atoms with Crippen molar-refractivity contribution in [1.29, 1.82) is 0 Å². The molecule has 152 valence electrons. The maximum atomic E-state index is 11.9. The summed E-state index contributed by atoms with van der Waals surface area (Å²) in [6.45, 7) is 9.28. The molecular weight excluding hydrogens is 392 g/mol. The van der Waals surface area contributed by atoms with Gasteiger partial charge < -0.3 is 15.0 Å². The van der Waals surface area contributed by atoms with Gasteiger partial charge in [-0.1, -0.05) is 37.3 Å². The Balaban J connectivity index is 1.56. The van der Waals surface area contributed by atoms with Crippen molar-refractivity contribution in [2.45, 2.75) is 46.2 Å². The minimum absolute atomic E-state index is 0.0399. The number of nitrogens with zero attached hydrogens (tertiary/aromatic N) is 2. The average Bonchev–Trinajstić information content (AvgIpc) is 3.01. The van der Waals surface area contributed by atoms with Crippen LogP contribution < -0.4 is 10.2 Å². The van der Waals surface area contributed by atoms with Gasteiger partial charge in [-0.3, -0.25) is 4.79 Å². The molecule has 1 aliphatic heterocycles. The van der Waals surface area contributed by atoms with Crippen molar-refractivity contribution in [3.8, 4) is 0 Å². The molecule has 0 atom stereocenters. The predicted octanol–water partition coefficient (Wildman–Crippen LogP) is 3.36. The third-order valence-corrected chi connectivity index (χ3v) is 6.34. The molecule has 28 heavy (non-hydrogen) atoms. The smallest absolute Gasteiger partial charge is 0.309 e. The summed E-state index contributed by atoms with van der Waals surface area (Å²) in [4.78, 5) is 13.3. The van der Waals surface area contributed by atoms with Gasteiger partial charge in [0.25, 0.3) is 0 Å². The lowest BCUT2D eigenvalue weighted by Crippen LogP contribution is -3.12. The van der Waals surface area contributed by atoms with Gasteiger partial charge in [0.15, 0.2) is 10.6 Å². The quantitative estimate of drug-likeness (QED) is 0.530. The second kappa shape index (κ2) is 9.62. The number of hydrogen-bond donors (Lipinski definition) is 2. The second-order valence-electron chi connectivity index (χ2n) is 7.51. The lowest BCUT2D eigenvalue weighted by molar-refractivity contribution is -0.928.